The molecule has 0 saturated carbocycles. The van der Waals surface area contributed by atoms with Crippen molar-refractivity contribution in [3.8, 4) is 23.0 Å². The van der Waals surface area contributed by atoms with Gasteiger partial charge in [0.2, 0.25) is 0 Å². The van der Waals surface area contributed by atoms with Crippen LogP contribution in [0.25, 0.3) is 0 Å². The number of ether oxygens (including phenoxy) is 2. The number of benzene rings is 3. The number of carboxylic acid groups (broad SMARTS) is 1. The molecule has 2 heterocycles. The zero-order chi connectivity index (χ0) is 29.0. The molecule has 5 rings (SSSR count). The molecule has 0 aromatic heterocycles. The third kappa shape index (κ3) is 5.79. The molecule has 12 nitrogen and oxygen atoms in total. The van der Waals surface area contributed by atoms with Gasteiger partial charge in [-0.3, -0.25) is 4.79 Å². The standard InChI is InChI=1S/C20H12O5.C4H11NO3.C3H7NO2/c21-11-5-7-15-17(9-11)24-18-10-12(22)6-8-16(18)20(15)14-4-2-1-3-13(14)19(23)25-20;5-4(1-6,2-7)3-8;1-2(4)3(5)6/h1-10,21-22H;6-8H,1-3,5H2;2H,4H2,1H3,(H,5,6)/t;;2-/m..0/s1. The summed E-state index contributed by atoms with van der Waals surface area (Å²) >= 11 is 0. The molecule has 0 bridgehead atoms. The summed E-state index contributed by atoms with van der Waals surface area (Å²) in [4.78, 5) is 22.1. The SMILES string of the molecule is C[C@H](N)C(=O)O.NC(CO)(CO)CO.O=C1OC2(c3ccc(O)cc3Oc3cc(O)ccc32)c2ccccc21. The molecule has 2 aliphatic rings. The van der Waals surface area contributed by atoms with Gasteiger partial charge in [0.05, 0.1) is 30.9 Å². The number of hydrogen-bond acceptors (Lipinski definition) is 11. The highest BCUT2D eigenvalue weighted by Crippen LogP contribution is 2.56. The quantitative estimate of drug-likeness (QED) is 0.214. The first-order valence-corrected chi connectivity index (χ1v) is 11.7. The Balaban J connectivity index is 0.000000251. The van der Waals surface area contributed by atoms with E-state index in [1.165, 1.54) is 31.2 Å². The summed E-state index contributed by atoms with van der Waals surface area (Å²) in [6.07, 6.45) is 0. The van der Waals surface area contributed by atoms with Crippen molar-refractivity contribution in [1.82, 2.24) is 0 Å². The predicted molar refractivity (Wildman–Crippen MR) is 137 cm³/mol. The van der Waals surface area contributed by atoms with Crippen LogP contribution in [0.1, 0.15) is 34.0 Å². The van der Waals surface area contributed by atoms with Gasteiger partial charge < -0.3 is 51.6 Å². The average molecular weight is 543 g/mol. The molecule has 39 heavy (non-hydrogen) atoms. The number of carbonyl (C=O) groups excluding carboxylic acids is 1. The summed E-state index contributed by atoms with van der Waals surface area (Å²) in [6, 6.07) is 15.9. The van der Waals surface area contributed by atoms with Gasteiger partial charge in [0, 0.05) is 28.8 Å². The van der Waals surface area contributed by atoms with Gasteiger partial charge in [-0.1, -0.05) is 18.2 Å². The Morgan fingerprint density at radius 1 is 0.897 bits per heavy atom. The Labute approximate surface area is 223 Å². The van der Waals surface area contributed by atoms with Crippen LogP contribution in [0.5, 0.6) is 23.0 Å². The third-order valence-electron chi connectivity index (χ3n) is 6.02. The molecule has 0 unspecified atom stereocenters. The average Bonchev–Trinajstić information content (AvgIpc) is 3.21. The van der Waals surface area contributed by atoms with Gasteiger partial charge in [0.15, 0.2) is 5.60 Å². The molecular weight excluding hydrogens is 512 g/mol. The molecule has 2 aliphatic heterocycles. The zero-order valence-electron chi connectivity index (χ0n) is 20.9. The Morgan fingerprint density at radius 3 is 1.77 bits per heavy atom. The van der Waals surface area contributed by atoms with Gasteiger partial charge in [-0.25, -0.2) is 4.79 Å². The molecule has 3 aromatic carbocycles. The maximum atomic E-state index is 12.5. The van der Waals surface area contributed by atoms with Crippen molar-refractivity contribution in [1.29, 1.82) is 0 Å². The second-order valence-corrected chi connectivity index (χ2v) is 9.04. The van der Waals surface area contributed by atoms with Crippen molar-refractivity contribution in [2.24, 2.45) is 11.5 Å². The molecule has 208 valence electrons. The summed E-state index contributed by atoms with van der Waals surface area (Å²) in [5.41, 5.74) is 10.1. The zero-order valence-corrected chi connectivity index (χ0v) is 20.9. The minimum Gasteiger partial charge on any atom is -0.508 e. The minimum absolute atomic E-state index is 0.0371. The van der Waals surface area contributed by atoms with Crippen LogP contribution in [0, 0.1) is 0 Å². The van der Waals surface area contributed by atoms with E-state index in [2.05, 4.69) is 0 Å². The summed E-state index contributed by atoms with van der Waals surface area (Å²) in [5.74, 6) is -0.555. The van der Waals surface area contributed by atoms with Crippen LogP contribution in [-0.4, -0.2) is 74.0 Å². The number of aliphatic hydroxyl groups excluding tert-OH is 3. The number of phenols is 2. The monoisotopic (exact) mass is 542 g/mol. The van der Waals surface area contributed by atoms with E-state index < -0.39 is 48.9 Å². The lowest BCUT2D eigenvalue weighted by Crippen LogP contribution is -2.50. The smallest absolute Gasteiger partial charge is 0.340 e. The van der Waals surface area contributed by atoms with E-state index in [4.69, 9.17) is 41.4 Å². The van der Waals surface area contributed by atoms with Crippen molar-refractivity contribution >= 4 is 11.9 Å². The number of rotatable bonds is 4. The minimum atomic E-state index is -1.21. The Kier molecular flexibility index (Phi) is 8.79. The van der Waals surface area contributed by atoms with Crippen molar-refractivity contribution in [3.05, 3.63) is 82.9 Å². The second kappa shape index (κ2) is 11.7. The molecule has 12 heteroatoms. The fourth-order valence-electron chi connectivity index (χ4n) is 3.80. The van der Waals surface area contributed by atoms with Gasteiger partial charge in [0.1, 0.15) is 29.0 Å². The topological polar surface area (TPSA) is 226 Å². The summed E-state index contributed by atoms with van der Waals surface area (Å²) in [5, 5.41) is 52.6. The number of aliphatic hydroxyl groups is 3. The molecule has 3 aromatic rings. The molecule has 0 amide bonds. The largest absolute Gasteiger partial charge is 0.508 e. The van der Waals surface area contributed by atoms with Crippen LogP contribution in [-0.2, 0) is 15.1 Å². The second-order valence-electron chi connectivity index (χ2n) is 9.04. The molecule has 10 N–H and O–H groups in total. The number of aliphatic carboxylic acids is 1. The van der Waals surface area contributed by atoms with E-state index in [-0.39, 0.29) is 11.5 Å². The first-order chi connectivity index (χ1) is 18.4. The molecule has 0 saturated heterocycles. The van der Waals surface area contributed by atoms with Crippen molar-refractivity contribution in [2.45, 2.75) is 24.1 Å². The maximum absolute atomic E-state index is 12.5. The van der Waals surface area contributed by atoms with E-state index in [1.807, 2.05) is 12.1 Å². The van der Waals surface area contributed by atoms with Crippen LogP contribution in [0.3, 0.4) is 0 Å². The fourth-order valence-corrected chi connectivity index (χ4v) is 3.80. The van der Waals surface area contributed by atoms with Crippen LogP contribution in [0.4, 0.5) is 0 Å². The van der Waals surface area contributed by atoms with Gasteiger partial charge in [0.25, 0.3) is 0 Å². The van der Waals surface area contributed by atoms with Crippen LogP contribution in [0.2, 0.25) is 0 Å². The molecule has 0 fully saturated rings. The van der Waals surface area contributed by atoms with E-state index in [9.17, 15) is 19.8 Å². The Hall–Kier alpha value is -4.20. The first-order valence-electron chi connectivity index (χ1n) is 11.7. The van der Waals surface area contributed by atoms with E-state index in [0.29, 0.717) is 33.8 Å². The highest BCUT2D eigenvalue weighted by Gasteiger charge is 2.53. The number of nitrogens with two attached hydrogens (primary N) is 2. The van der Waals surface area contributed by atoms with Crippen molar-refractivity contribution in [2.75, 3.05) is 19.8 Å². The van der Waals surface area contributed by atoms with Gasteiger partial charge in [-0.05, 0) is 37.3 Å². The number of carbonyl (C=O) groups is 2. The number of aromatic hydroxyl groups is 2. The normalized spacial score (nSPS) is 14.7. The van der Waals surface area contributed by atoms with Crippen molar-refractivity contribution in [3.63, 3.8) is 0 Å². The molecular formula is C27H30N2O10. The third-order valence-corrected chi connectivity index (χ3v) is 6.02. The molecule has 1 spiro atoms. The van der Waals surface area contributed by atoms with Gasteiger partial charge >= 0.3 is 11.9 Å². The predicted octanol–water partition coefficient (Wildman–Crippen LogP) is 0.745. The van der Waals surface area contributed by atoms with Crippen LogP contribution >= 0.6 is 0 Å². The number of hydrogen-bond donors (Lipinski definition) is 8. The lowest BCUT2D eigenvalue weighted by molar-refractivity contribution is -0.138. The molecule has 1 atom stereocenters. The van der Waals surface area contributed by atoms with Gasteiger partial charge in [-0.2, -0.15) is 0 Å². The number of carboxylic acids is 1. The summed E-state index contributed by atoms with van der Waals surface area (Å²) in [6.45, 7) is 0.211. The lowest BCUT2D eigenvalue weighted by Gasteiger charge is -2.36. The Morgan fingerprint density at radius 2 is 1.36 bits per heavy atom. The summed E-state index contributed by atoms with van der Waals surface area (Å²) in [7, 11) is 0. The lowest BCUT2D eigenvalue weighted by atomic mass is 9.77. The number of esters is 1. The van der Waals surface area contributed by atoms with E-state index in [0.717, 1.165) is 0 Å². The van der Waals surface area contributed by atoms with Crippen LogP contribution < -0.4 is 16.2 Å². The van der Waals surface area contributed by atoms with Gasteiger partial charge in [-0.15, -0.1) is 0 Å². The van der Waals surface area contributed by atoms with Crippen molar-refractivity contribution < 1.29 is 49.7 Å². The Bertz CT molecular complexity index is 1290. The maximum Gasteiger partial charge on any atom is 0.340 e. The van der Waals surface area contributed by atoms with E-state index >= 15 is 0 Å². The number of phenolic OH excluding ortho intramolecular Hbond substituents is 2. The highest BCUT2D eigenvalue weighted by atomic mass is 16.6. The van der Waals surface area contributed by atoms with E-state index in [1.54, 1.807) is 24.3 Å². The molecule has 0 radical (unpaired) electrons. The first kappa shape index (κ1) is 29.4. The highest BCUT2D eigenvalue weighted by molar-refractivity contribution is 5.97. The fraction of sp³-hybridized carbons (Fsp3) is 0.259. The molecule has 0 aliphatic carbocycles. The summed E-state index contributed by atoms with van der Waals surface area (Å²) < 4.78 is 11.8. The number of fused-ring (bicyclic) bond motifs is 6. The van der Waals surface area contributed by atoms with Crippen LogP contribution in [0.15, 0.2) is 60.7 Å².